The molecule has 0 aliphatic heterocycles. The maximum Gasteiger partial charge on any atom is 0.336 e. The van der Waals surface area contributed by atoms with Gasteiger partial charge in [-0.3, -0.25) is 0 Å². The summed E-state index contributed by atoms with van der Waals surface area (Å²) in [6.45, 7) is 6.05. The molecule has 4 heteroatoms. The van der Waals surface area contributed by atoms with Crippen molar-refractivity contribution in [2.75, 3.05) is 0 Å². The van der Waals surface area contributed by atoms with Crippen LogP contribution in [0.4, 0.5) is 0 Å². The van der Waals surface area contributed by atoms with Crippen molar-refractivity contribution in [1.82, 2.24) is 0 Å². The van der Waals surface area contributed by atoms with Crippen LogP contribution in [0, 0.1) is 13.8 Å². The van der Waals surface area contributed by atoms with Gasteiger partial charge in [0.25, 0.3) is 0 Å². The SMILES string of the molecule is CCCc1cc(C)c(C)c(-c2ccccc2C(=O)O)c1-c1ccccc1C(=O)O. The summed E-state index contributed by atoms with van der Waals surface area (Å²) in [7, 11) is 0. The molecule has 0 fully saturated rings. The van der Waals surface area contributed by atoms with Crippen molar-refractivity contribution in [3.63, 3.8) is 0 Å². The van der Waals surface area contributed by atoms with Gasteiger partial charge in [-0.2, -0.15) is 0 Å². The molecule has 0 aliphatic carbocycles. The van der Waals surface area contributed by atoms with Gasteiger partial charge in [0.15, 0.2) is 0 Å². The van der Waals surface area contributed by atoms with Gasteiger partial charge in [-0.1, -0.05) is 55.8 Å². The molecule has 0 aliphatic rings. The molecule has 29 heavy (non-hydrogen) atoms. The molecule has 0 unspecified atom stereocenters. The zero-order chi connectivity index (χ0) is 21.1. The summed E-state index contributed by atoms with van der Waals surface area (Å²) in [6, 6.07) is 15.9. The number of carboxylic acids is 2. The lowest BCUT2D eigenvalue weighted by Crippen LogP contribution is -2.06. The van der Waals surface area contributed by atoms with E-state index in [2.05, 4.69) is 13.0 Å². The predicted octanol–water partition coefficient (Wildman–Crippen LogP) is 5.99. The number of hydrogen-bond donors (Lipinski definition) is 2. The first-order valence-electron chi connectivity index (χ1n) is 9.65. The van der Waals surface area contributed by atoms with Crippen molar-refractivity contribution in [3.8, 4) is 22.3 Å². The van der Waals surface area contributed by atoms with E-state index in [9.17, 15) is 19.8 Å². The van der Waals surface area contributed by atoms with E-state index in [4.69, 9.17) is 0 Å². The van der Waals surface area contributed by atoms with Crippen LogP contribution in [0.3, 0.4) is 0 Å². The molecule has 148 valence electrons. The molecule has 0 radical (unpaired) electrons. The fourth-order valence-electron chi connectivity index (χ4n) is 3.87. The first-order chi connectivity index (χ1) is 13.9. The molecule has 3 aromatic carbocycles. The van der Waals surface area contributed by atoms with Crippen molar-refractivity contribution in [3.05, 3.63) is 82.4 Å². The average molecular weight is 388 g/mol. The summed E-state index contributed by atoms with van der Waals surface area (Å²) in [5, 5.41) is 19.6. The van der Waals surface area contributed by atoms with E-state index in [0.29, 0.717) is 11.1 Å². The largest absolute Gasteiger partial charge is 0.478 e. The lowest BCUT2D eigenvalue weighted by Gasteiger charge is -2.22. The van der Waals surface area contributed by atoms with Gasteiger partial charge < -0.3 is 10.2 Å². The third-order valence-electron chi connectivity index (χ3n) is 5.30. The van der Waals surface area contributed by atoms with Crippen molar-refractivity contribution in [2.24, 2.45) is 0 Å². The number of rotatable bonds is 6. The highest BCUT2D eigenvalue weighted by Crippen LogP contribution is 2.42. The second kappa shape index (κ2) is 8.31. The standard InChI is InChI=1S/C25H24O4/c1-4-9-17-14-15(2)16(3)22(18-10-5-7-12-20(18)24(26)27)23(17)19-11-6-8-13-21(19)25(28)29/h5-8,10-14H,4,9H2,1-3H3,(H,26,27)(H,28,29). The smallest absolute Gasteiger partial charge is 0.336 e. The number of aryl methyl sites for hydroxylation is 2. The Kier molecular flexibility index (Phi) is 5.83. The summed E-state index contributed by atoms with van der Waals surface area (Å²) in [5.41, 5.74) is 6.27. The molecular formula is C25H24O4. The second-order valence-electron chi connectivity index (χ2n) is 7.18. The molecule has 0 saturated heterocycles. The van der Waals surface area contributed by atoms with E-state index in [0.717, 1.165) is 40.7 Å². The van der Waals surface area contributed by atoms with Gasteiger partial charge >= 0.3 is 11.9 Å². The number of aromatic carboxylic acids is 2. The minimum absolute atomic E-state index is 0.206. The fraction of sp³-hybridized carbons (Fsp3) is 0.200. The molecule has 0 saturated carbocycles. The third-order valence-corrected chi connectivity index (χ3v) is 5.30. The van der Waals surface area contributed by atoms with Gasteiger partial charge in [-0.25, -0.2) is 9.59 Å². The topological polar surface area (TPSA) is 74.6 Å². The first-order valence-corrected chi connectivity index (χ1v) is 9.65. The number of carbonyl (C=O) groups is 2. The van der Waals surface area contributed by atoms with Crippen LogP contribution in [0.2, 0.25) is 0 Å². The normalized spacial score (nSPS) is 10.7. The second-order valence-corrected chi connectivity index (χ2v) is 7.18. The Hall–Kier alpha value is -3.40. The quantitative estimate of drug-likeness (QED) is 0.544. The van der Waals surface area contributed by atoms with Crippen LogP contribution in [-0.2, 0) is 6.42 Å². The molecule has 0 atom stereocenters. The average Bonchev–Trinajstić information content (AvgIpc) is 2.70. The highest BCUT2D eigenvalue weighted by Gasteiger charge is 2.23. The maximum atomic E-state index is 11.9. The zero-order valence-electron chi connectivity index (χ0n) is 16.8. The van der Waals surface area contributed by atoms with Crippen LogP contribution >= 0.6 is 0 Å². The van der Waals surface area contributed by atoms with Crippen molar-refractivity contribution in [2.45, 2.75) is 33.6 Å². The minimum atomic E-state index is -1.00. The Morgan fingerprint density at radius 2 is 1.28 bits per heavy atom. The molecular weight excluding hydrogens is 364 g/mol. The Labute approximate surface area is 170 Å². The Balaban J connectivity index is 2.51. The zero-order valence-corrected chi connectivity index (χ0v) is 16.8. The van der Waals surface area contributed by atoms with E-state index in [-0.39, 0.29) is 11.1 Å². The van der Waals surface area contributed by atoms with Crippen LogP contribution < -0.4 is 0 Å². The third kappa shape index (κ3) is 3.79. The van der Waals surface area contributed by atoms with E-state index in [1.54, 1.807) is 36.4 Å². The highest BCUT2D eigenvalue weighted by atomic mass is 16.4. The van der Waals surface area contributed by atoms with Gasteiger partial charge in [0.2, 0.25) is 0 Å². The van der Waals surface area contributed by atoms with Gasteiger partial charge in [0, 0.05) is 0 Å². The molecule has 0 amide bonds. The van der Waals surface area contributed by atoms with Gasteiger partial charge in [0.1, 0.15) is 0 Å². The number of hydrogen-bond acceptors (Lipinski definition) is 2. The molecule has 4 nitrogen and oxygen atoms in total. The Morgan fingerprint density at radius 1 is 0.793 bits per heavy atom. The summed E-state index contributed by atoms with van der Waals surface area (Å²) in [4.78, 5) is 23.9. The van der Waals surface area contributed by atoms with E-state index >= 15 is 0 Å². The lowest BCUT2D eigenvalue weighted by molar-refractivity contribution is 0.0686. The Bertz CT molecular complexity index is 1100. The van der Waals surface area contributed by atoms with Crippen molar-refractivity contribution in [1.29, 1.82) is 0 Å². The maximum absolute atomic E-state index is 11.9. The van der Waals surface area contributed by atoms with E-state index < -0.39 is 11.9 Å². The molecule has 2 N–H and O–H groups in total. The Morgan fingerprint density at radius 3 is 1.76 bits per heavy atom. The van der Waals surface area contributed by atoms with E-state index in [1.165, 1.54) is 0 Å². The highest BCUT2D eigenvalue weighted by molar-refractivity contribution is 6.04. The molecule has 0 heterocycles. The van der Waals surface area contributed by atoms with Gasteiger partial charge in [0.05, 0.1) is 11.1 Å². The monoisotopic (exact) mass is 388 g/mol. The van der Waals surface area contributed by atoms with Crippen molar-refractivity contribution >= 4 is 11.9 Å². The minimum Gasteiger partial charge on any atom is -0.478 e. The van der Waals surface area contributed by atoms with Crippen LogP contribution in [-0.4, -0.2) is 22.2 Å². The van der Waals surface area contributed by atoms with Crippen LogP contribution in [0.1, 0.15) is 50.8 Å². The lowest BCUT2D eigenvalue weighted by atomic mass is 9.81. The van der Waals surface area contributed by atoms with Crippen LogP contribution in [0.25, 0.3) is 22.3 Å². The summed E-state index contributed by atoms with van der Waals surface area (Å²) < 4.78 is 0. The van der Waals surface area contributed by atoms with Gasteiger partial charge in [-0.05, 0) is 71.3 Å². The fourth-order valence-corrected chi connectivity index (χ4v) is 3.87. The first kappa shape index (κ1) is 20.3. The summed E-state index contributed by atoms with van der Waals surface area (Å²) >= 11 is 0. The number of carboxylic acid groups (broad SMARTS) is 2. The predicted molar refractivity (Wildman–Crippen MR) is 115 cm³/mol. The summed E-state index contributed by atoms with van der Waals surface area (Å²) in [6.07, 6.45) is 1.66. The molecule has 3 rings (SSSR count). The molecule has 3 aromatic rings. The van der Waals surface area contributed by atoms with Crippen molar-refractivity contribution < 1.29 is 19.8 Å². The van der Waals surface area contributed by atoms with Gasteiger partial charge in [-0.15, -0.1) is 0 Å². The molecule has 0 spiro atoms. The summed E-state index contributed by atoms with van der Waals surface area (Å²) in [5.74, 6) is -2.00. The molecule has 0 aromatic heterocycles. The van der Waals surface area contributed by atoms with Crippen LogP contribution in [0.15, 0.2) is 54.6 Å². The van der Waals surface area contributed by atoms with E-state index in [1.807, 2.05) is 26.0 Å². The number of benzene rings is 3. The van der Waals surface area contributed by atoms with Crippen LogP contribution in [0.5, 0.6) is 0 Å². The molecule has 0 bridgehead atoms.